The molecule has 0 aliphatic heterocycles. The molecule has 0 aromatic heterocycles. The highest BCUT2D eigenvalue weighted by atomic mass is 32.1. The number of nitrogens with zero attached hydrogens (tertiary/aromatic N) is 10. The zero-order valence-electron chi connectivity index (χ0n) is 66.0. The van der Waals surface area contributed by atoms with Crippen LogP contribution in [-0.2, 0) is 73.7 Å². The zero-order valence-corrected chi connectivity index (χ0v) is 66.9. The van der Waals surface area contributed by atoms with Crippen LogP contribution in [0.3, 0.4) is 0 Å². The van der Waals surface area contributed by atoms with Gasteiger partial charge in [-0.05, 0) is 112 Å². The standard InChI is InChI=1S/C13H18N2O4.C13H16N2O4.C11H15N3O4.C11H13N3O3.C10H11N3O4.C10H12N2O3.C10H12N2O2S/c1-3-4-5-6-7-11-12(14(16)17)8-10(2)9-13(11)15(18)19;1-2-19-13(17)11-6-4-3-5-9(11)7-10(16)8-12(14)15-18;1-8-6-10(13(15)16)9(4-2-3-5-12)11(7-8)14(17)18;12-10(14-17)6-8(15)5-7-3-1-2-4-9(7)11(13)16;11-10(12-15)6-8(14)5-7-3-1-2-4-9(7)13(16)17;11-10(12-15)6-8(13)5-7-3-1-2-4-9(7)14;11-10(12-14)6-8(13)5-7-3-1-2-4-9(7)15/h8-9H,3-7H2,1-2H3;3-6,18H,2,7-8H2,1H3,(H2,14,15);6-7H,2-5,12H2,1H3;1-4,17H,5-6H2,(H2,12,14)(H2,13,16);1-4,15H,5-6H2,(H2,11,12);2*1-4,14-15H,5-6H2,(H2,11,12). The number of hydrogen-bond donors (Lipinski definition) is 14. The Bertz CT molecular complexity index is 4610. The summed E-state index contributed by atoms with van der Waals surface area (Å²) in [6.07, 6.45) is 5.25. The number of phenols is 1. The second-order valence-electron chi connectivity index (χ2n) is 25.6. The van der Waals surface area contributed by atoms with Gasteiger partial charge >= 0.3 is 5.97 Å². The molecule has 7 aromatic carbocycles. The van der Waals surface area contributed by atoms with E-state index in [1.807, 2.05) is 24.3 Å². The van der Waals surface area contributed by atoms with Crippen LogP contribution in [0.1, 0.15) is 155 Å². The molecule has 0 aliphatic carbocycles. The highest BCUT2D eigenvalue weighted by molar-refractivity contribution is 7.80. The summed E-state index contributed by atoms with van der Waals surface area (Å²) in [6.45, 7) is 7.74. The van der Waals surface area contributed by atoms with Gasteiger partial charge in [0.2, 0.25) is 5.91 Å². The molecule has 0 fully saturated rings. The van der Waals surface area contributed by atoms with E-state index in [1.54, 1.807) is 93.6 Å². The molecule has 0 radical (unpaired) electrons. The van der Waals surface area contributed by atoms with Crippen molar-refractivity contribution in [1.82, 2.24) is 0 Å². The number of benzene rings is 7. The number of carbonyl (C=O) groups is 7. The minimum absolute atomic E-state index is 0.0231. The normalized spacial score (nSPS) is 11.0. The van der Waals surface area contributed by atoms with Crippen LogP contribution < -0.4 is 40.1 Å². The third-order valence-corrected chi connectivity index (χ3v) is 16.5. The maximum Gasteiger partial charge on any atom is 0.338 e. The lowest BCUT2D eigenvalue weighted by atomic mass is 10.0. The lowest BCUT2D eigenvalue weighted by Gasteiger charge is -2.07. The van der Waals surface area contributed by atoms with Gasteiger partial charge < -0.3 is 76.0 Å². The van der Waals surface area contributed by atoms with Gasteiger partial charge in [0.25, 0.3) is 28.4 Å². The van der Waals surface area contributed by atoms with E-state index >= 15 is 0 Å². The second-order valence-corrected chi connectivity index (χ2v) is 26.1. The Kier molecular flexibility index (Phi) is 48.7. The smallest absolute Gasteiger partial charge is 0.338 e. The van der Waals surface area contributed by atoms with Crippen LogP contribution in [0.5, 0.6) is 5.75 Å². The molecule has 120 heavy (non-hydrogen) atoms. The van der Waals surface area contributed by atoms with Crippen molar-refractivity contribution in [2.24, 2.45) is 65.9 Å². The van der Waals surface area contributed by atoms with Gasteiger partial charge in [-0.3, -0.25) is 79.3 Å². The summed E-state index contributed by atoms with van der Waals surface area (Å²) in [5, 5.41) is 119. The fraction of sp³-hybridized carbons (Fsp3) is 0.308. The van der Waals surface area contributed by atoms with Crippen molar-refractivity contribution in [2.75, 3.05) is 13.2 Å². The second kappa shape index (κ2) is 56.5. The van der Waals surface area contributed by atoms with Crippen molar-refractivity contribution >= 4 is 111 Å². The molecule has 0 saturated heterocycles. The minimum atomic E-state index is -0.586. The van der Waals surface area contributed by atoms with E-state index in [1.165, 1.54) is 48.5 Å². The molecule has 644 valence electrons. The van der Waals surface area contributed by atoms with E-state index in [0.717, 1.165) is 36.1 Å². The fourth-order valence-electron chi connectivity index (χ4n) is 10.6. The van der Waals surface area contributed by atoms with Crippen molar-refractivity contribution in [1.29, 1.82) is 0 Å². The lowest BCUT2D eigenvalue weighted by molar-refractivity contribution is -0.395. The van der Waals surface area contributed by atoms with Gasteiger partial charge in [0.05, 0.1) is 68.9 Å². The lowest BCUT2D eigenvalue weighted by Crippen LogP contribution is -2.20. The number of hydrogen-bond acceptors (Lipinski definition) is 31. The van der Waals surface area contributed by atoms with Gasteiger partial charge in [0.1, 0.15) is 75.0 Å². The monoisotopic (exact) mass is 1690 g/mol. The number of amides is 1. The number of Topliss-reactive ketones (excluding diaryl/α,β-unsaturated/α-hetero) is 5. The molecular formula is C78H97N17O24S. The number of nitro groups is 5. The number of aryl methyl sites for hydroxylation is 2. The number of nitrogens with two attached hydrogens (primary N) is 7. The number of rotatable bonds is 37. The highest BCUT2D eigenvalue weighted by Crippen LogP contribution is 2.33. The molecule has 1 amide bonds. The van der Waals surface area contributed by atoms with Gasteiger partial charge in [-0.15, -0.1) is 12.6 Å². The van der Waals surface area contributed by atoms with Crippen LogP contribution in [0.15, 0.2) is 176 Å². The van der Waals surface area contributed by atoms with Crippen LogP contribution in [0.4, 0.5) is 28.4 Å². The Hall–Kier alpha value is -14.7. The predicted octanol–water partition coefficient (Wildman–Crippen LogP) is 9.88. The Morgan fingerprint density at radius 2 is 0.692 bits per heavy atom. The van der Waals surface area contributed by atoms with Crippen LogP contribution in [0.25, 0.3) is 0 Å². The number of thiol groups is 1. The Morgan fingerprint density at radius 3 is 1.03 bits per heavy atom. The average Bonchev–Trinajstić information content (AvgIpc) is 0.812. The quantitative estimate of drug-likeness (QED) is 0.00251. The van der Waals surface area contributed by atoms with E-state index < -0.39 is 36.5 Å². The molecule has 0 saturated carbocycles. The molecule has 7 aromatic rings. The first-order valence-corrected chi connectivity index (χ1v) is 36.7. The Morgan fingerprint density at radius 1 is 0.392 bits per heavy atom. The van der Waals surface area contributed by atoms with Gasteiger partial charge in [-0.2, -0.15) is 0 Å². The van der Waals surface area contributed by atoms with Crippen LogP contribution in [0, 0.1) is 64.4 Å². The number of amidine groups is 5. The molecule has 0 atom stereocenters. The zero-order chi connectivity index (χ0) is 90.6. The van der Waals surface area contributed by atoms with E-state index in [2.05, 4.69) is 45.3 Å². The number of esters is 1. The Balaban J connectivity index is 0.000000701. The van der Waals surface area contributed by atoms with E-state index in [0.29, 0.717) is 76.7 Å². The Labute approximate surface area is 692 Å². The molecule has 20 N–H and O–H groups in total. The van der Waals surface area contributed by atoms with Crippen molar-refractivity contribution in [3.05, 3.63) is 257 Å². The molecule has 42 heteroatoms. The molecular weight excluding hydrogens is 1590 g/mol. The summed E-state index contributed by atoms with van der Waals surface area (Å²) < 4.78 is 4.91. The fourth-order valence-corrected chi connectivity index (χ4v) is 10.9. The number of nitro benzene ring substituents is 5. The molecule has 7 rings (SSSR count). The summed E-state index contributed by atoms with van der Waals surface area (Å²) in [5.41, 5.74) is 40.8. The number of ether oxygens (including phenoxy) is 1. The first-order chi connectivity index (χ1) is 56.9. The van der Waals surface area contributed by atoms with Gasteiger partial charge in [0.15, 0.2) is 0 Å². The number of ketones is 5. The van der Waals surface area contributed by atoms with Crippen LogP contribution in [-0.4, -0.2) is 139 Å². The van der Waals surface area contributed by atoms with Gasteiger partial charge in [0, 0.05) is 84.0 Å². The summed E-state index contributed by atoms with van der Waals surface area (Å²) >= 11 is 4.22. The van der Waals surface area contributed by atoms with E-state index in [4.69, 9.17) is 70.9 Å². The largest absolute Gasteiger partial charge is 0.508 e. The number of unbranched alkanes of at least 4 members (excludes halogenated alkanes) is 4. The van der Waals surface area contributed by atoms with E-state index in [9.17, 15) is 89.2 Å². The molecule has 41 nitrogen and oxygen atoms in total. The average molecular weight is 1690 g/mol. The van der Waals surface area contributed by atoms with Crippen LogP contribution >= 0.6 is 12.6 Å². The number of para-hydroxylation sites is 2. The SMILES string of the molecule is CCCCCCc1c([N+](=O)[O-])cc(C)cc1[N+](=O)[O-].CCOC(=O)c1ccccc1CC(=O)C/C(N)=N/O.Cc1cc([N+](=O)[O-])c(CCCCN)c([N+](=O)[O-])c1.N/C(CC(=O)Cc1ccccc1O)=N\O.N/C(CC(=O)Cc1ccccc1S)=N\O.N/C(CC(=O)Cc1ccccc1[N+](=O)[O-])=N\O.NC(=O)c1ccccc1CC(=O)C/C(N)=N/O. The first kappa shape index (κ1) is 103. The highest BCUT2D eigenvalue weighted by Gasteiger charge is 2.27. The summed E-state index contributed by atoms with van der Waals surface area (Å²) in [4.78, 5) is 133. The van der Waals surface area contributed by atoms with Crippen molar-refractivity contribution in [3.63, 3.8) is 0 Å². The third kappa shape index (κ3) is 40.0. The third-order valence-electron chi connectivity index (χ3n) is 16.1. The molecule has 0 bridgehead atoms. The maximum atomic E-state index is 11.7. The minimum Gasteiger partial charge on any atom is -0.508 e. The number of carbonyl (C=O) groups excluding carboxylic acids is 7. The molecule has 0 aliphatic rings. The molecule has 0 heterocycles. The maximum absolute atomic E-state index is 11.7. The van der Waals surface area contributed by atoms with Crippen molar-refractivity contribution in [2.45, 2.75) is 148 Å². The molecule has 0 unspecified atom stereocenters. The first-order valence-electron chi connectivity index (χ1n) is 36.2. The topological polar surface area (TPSA) is 710 Å². The summed E-state index contributed by atoms with van der Waals surface area (Å²) in [6, 6.07) is 38.7. The number of aromatic hydroxyl groups is 1. The van der Waals surface area contributed by atoms with Crippen molar-refractivity contribution in [3.8, 4) is 5.75 Å². The van der Waals surface area contributed by atoms with Gasteiger partial charge in [-0.1, -0.05) is 143 Å². The number of primary amides is 1. The number of phenolic OH excluding ortho intramolecular Hbond substituents is 1. The van der Waals surface area contributed by atoms with Crippen LogP contribution in [0.2, 0.25) is 0 Å². The number of oxime groups is 5. The van der Waals surface area contributed by atoms with Gasteiger partial charge in [-0.25, -0.2) is 4.79 Å². The summed E-state index contributed by atoms with van der Waals surface area (Å²) in [5.74, 6) is -2.88. The van der Waals surface area contributed by atoms with Crippen molar-refractivity contribution < 1.29 is 94.1 Å². The summed E-state index contributed by atoms with van der Waals surface area (Å²) in [7, 11) is 0. The molecule has 0 spiro atoms. The van der Waals surface area contributed by atoms with E-state index in [-0.39, 0.29) is 174 Å². The predicted molar refractivity (Wildman–Crippen MR) is 445 cm³/mol.